The molecule has 0 aliphatic heterocycles. The van der Waals surface area contributed by atoms with E-state index in [4.69, 9.17) is 4.74 Å². The van der Waals surface area contributed by atoms with Gasteiger partial charge in [-0.05, 0) is 13.0 Å². The monoisotopic (exact) mass is 246 g/mol. The molecule has 2 aromatic rings. The van der Waals surface area contributed by atoms with Crippen molar-refractivity contribution >= 4 is 22.7 Å². The average molecular weight is 246 g/mol. The maximum atomic E-state index is 11.7. The number of pyridine rings is 1. The summed E-state index contributed by atoms with van der Waals surface area (Å²) < 4.78 is 4.93. The van der Waals surface area contributed by atoms with Crippen LogP contribution in [0.5, 0.6) is 0 Å². The second-order valence-electron chi connectivity index (χ2n) is 3.58. The smallest absolute Gasteiger partial charge is 0.357 e. The lowest BCUT2D eigenvalue weighted by molar-refractivity contribution is 0.0520. The molecule has 0 radical (unpaired) electrons. The van der Waals surface area contributed by atoms with Crippen molar-refractivity contribution in [3.8, 4) is 0 Å². The Balaban J connectivity index is 2.42. The first-order chi connectivity index (χ1) is 8.76. The maximum absolute atomic E-state index is 11.7. The second-order valence-corrected chi connectivity index (χ2v) is 3.58. The quantitative estimate of drug-likeness (QED) is 0.620. The number of ether oxygens (including phenoxy) is 1. The zero-order valence-electron chi connectivity index (χ0n) is 10.1. The molecule has 6 nitrogen and oxygen atoms in total. The number of carbonyl (C=O) groups excluding carboxylic acids is 1. The lowest BCUT2D eigenvalue weighted by Crippen LogP contribution is -2.09. The first kappa shape index (κ1) is 12.1. The first-order valence-corrected chi connectivity index (χ1v) is 5.62. The van der Waals surface area contributed by atoms with Gasteiger partial charge < -0.3 is 10.1 Å². The minimum absolute atomic E-state index is 0.261. The Hall–Kier alpha value is -2.37. The highest BCUT2D eigenvalue weighted by Crippen LogP contribution is 2.21. The molecule has 2 N–H and O–H groups in total. The van der Waals surface area contributed by atoms with Crippen molar-refractivity contribution in [1.82, 2.24) is 15.2 Å². The number of hydrogen-bond acceptors (Lipinski definition) is 5. The lowest BCUT2D eigenvalue weighted by Gasteiger charge is -2.07. The largest absolute Gasteiger partial charge is 0.461 e. The van der Waals surface area contributed by atoms with Crippen molar-refractivity contribution in [3.05, 3.63) is 30.6 Å². The van der Waals surface area contributed by atoms with Gasteiger partial charge in [0.1, 0.15) is 11.0 Å². The first-order valence-electron chi connectivity index (χ1n) is 5.62. The summed E-state index contributed by atoms with van der Waals surface area (Å²) in [5, 5.41) is 9.87. The van der Waals surface area contributed by atoms with E-state index in [1.54, 1.807) is 25.3 Å². The molecule has 18 heavy (non-hydrogen) atoms. The number of nitrogens with zero attached hydrogens (tertiary/aromatic N) is 2. The molecule has 0 unspecified atom stereocenters. The van der Waals surface area contributed by atoms with Crippen LogP contribution in [0, 0.1) is 0 Å². The van der Waals surface area contributed by atoms with Crippen LogP contribution in [0.2, 0.25) is 0 Å². The molecule has 2 heterocycles. The molecule has 0 atom stereocenters. The van der Waals surface area contributed by atoms with Crippen LogP contribution < -0.4 is 5.32 Å². The number of aromatic nitrogens is 3. The number of aromatic amines is 1. The van der Waals surface area contributed by atoms with Crippen molar-refractivity contribution in [1.29, 1.82) is 0 Å². The highest BCUT2D eigenvalue weighted by Gasteiger charge is 2.13. The Kier molecular flexibility index (Phi) is 3.57. The third kappa shape index (κ3) is 2.32. The van der Waals surface area contributed by atoms with Crippen LogP contribution in [0.15, 0.2) is 24.9 Å². The summed E-state index contributed by atoms with van der Waals surface area (Å²) >= 11 is 0. The van der Waals surface area contributed by atoms with Crippen LogP contribution in [0.1, 0.15) is 17.4 Å². The fourth-order valence-corrected chi connectivity index (χ4v) is 1.56. The number of esters is 1. The predicted molar refractivity (Wildman–Crippen MR) is 68.5 cm³/mol. The fourth-order valence-electron chi connectivity index (χ4n) is 1.56. The van der Waals surface area contributed by atoms with Gasteiger partial charge in [0.25, 0.3) is 0 Å². The van der Waals surface area contributed by atoms with Crippen LogP contribution in [-0.4, -0.2) is 34.3 Å². The Labute approximate surface area is 104 Å². The normalized spacial score (nSPS) is 10.3. The lowest BCUT2D eigenvalue weighted by atomic mass is 10.2. The van der Waals surface area contributed by atoms with Crippen molar-refractivity contribution in [2.24, 2.45) is 0 Å². The molecule has 6 heteroatoms. The second kappa shape index (κ2) is 5.31. The summed E-state index contributed by atoms with van der Waals surface area (Å²) in [7, 11) is 0. The molecule has 0 spiro atoms. The zero-order chi connectivity index (χ0) is 13.0. The topological polar surface area (TPSA) is 79.9 Å². The van der Waals surface area contributed by atoms with Crippen molar-refractivity contribution < 1.29 is 9.53 Å². The Morgan fingerprint density at radius 1 is 1.67 bits per heavy atom. The molecule has 0 aromatic carbocycles. The molecule has 0 fully saturated rings. The number of H-pyrrole nitrogens is 1. The van der Waals surface area contributed by atoms with Crippen molar-refractivity contribution in [2.75, 3.05) is 18.5 Å². The van der Waals surface area contributed by atoms with Gasteiger partial charge in [-0.25, -0.2) is 9.78 Å². The molecule has 0 aliphatic rings. The number of nitrogens with one attached hydrogen (secondary N) is 2. The summed E-state index contributed by atoms with van der Waals surface area (Å²) in [6.45, 7) is 6.29. The van der Waals surface area contributed by atoms with Crippen molar-refractivity contribution in [3.63, 3.8) is 0 Å². The van der Waals surface area contributed by atoms with Crippen LogP contribution in [0.3, 0.4) is 0 Å². The van der Waals surface area contributed by atoms with Crippen LogP contribution >= 0.6 is 0 Å². The van der Waals surface area contributed by atoms with Crippen LogP contribution in [-0.2, 0) is 4.74 Å². The Morgan fingerprint density at radius 2 is 2.50 bits per heavy atom. The van der Waals surface area contributed by atoms with Gasteiger partial charge in [-0.1, -0.05) is 6.08 Å². The average Bonchev–Trinajstić information content (AvgIpc) is 2.84. The zero-order valence-corrected chi connectivity index (χ0v) is 10.1. The maximum Gasteiger partial charge on any atom is 0.357 e. The van der Waals surface area contributed by atoms with Crippen LogP contribution in [0.25, 0.3) is 11.0 Å². The Bertz CT molecular complexity index is 576. The van der Waals surface area contributed by atoms with Gasteiger partial charge in [0.2, 0.25) is 0 Å². The Morgan fingerprint density at radius 3 is 3.22 bits per heavy atom. The summed E-state index contributed by atoms with van der Waals surface area (Å²) in [4.78, 5) is 15.9. The highest BCUT2D eigenvalue weighted by atomic mass is 16.5. The van der Waals surface area contributed by atoms with E-state index in [0.717, 1.165) is 11.2 Å². The third-order valence-corrected chi connectivity index (χ3v) is 2.33. The minimum atomic E-state index is -0.442. The van der Waals surface area contributed by atoms with E-state index in [9.17, 15) is 4.79 Å². The molecule has 0 saturated carbocycles. The SMILES string of the molecule is C=CCNc1cc(C(=O)OCC)nc2cn[nH]c12. The molecule has 2 aromatic heterocycles. The van der Waals surface area contributed by atoms with E-state index in [-0.39, 0.29) is 5.69 Å². The molecule has 2 rings (SSSR count). The van der Waals surface area contributed by atoms with Gasteiger partial charge in [-0.2, -0.15) is 5.10 Å². The van der Waals surface area contributed by atoms with E-state index in [2.05, 4.69) is 27.1 Å². The van der Waals surface area contributed by atoms with E-state index >= 15 is 0 Å². The van der Waals surface area contributed by atoms with Gasteiger partial charge in [-0.3, -0.25) is 5.10 Å². The molecule has 0 amide bonds. The van der Waals surface area contributed by atoms with Gasteiger partial charge in [-0.15, -0.1) is 6.58 Å². The molecular weight excluding hydrogens is 232 g/mol. The summed E-state index contributed by atoms with van der Waals surface area (Å²) in [6.07, 6.45) is 3.30. The van der Waals surface area contributed by atoms with E-state index in [1.807, 2.05) is 0 Å². The summed E-state index contributed by atoms with van der Waals surface area (Å²) in [5.41, 5.74) is 2.38. The van der Waals surface area contributed by atoms with Crippen molar-refractivity contribution in [2.45, 2.75) is 6.92 Å². The van der Waals surface area contributed by atoms with Gasteiger partial charge >= 0.3 is 5.97 Å². The standard InChI is InChI=1S/C12H14N4O2/c1-3-5-13-8-6-9(12(17)18-4-2)15-10-7-14-16-11(8)10/h3,6-7H,1,4-5H2,2H3,(H,13,15)(H,14,16). The minimum Gasteiger partial charge on any atom is -0.461 e. The highest BCUT2D eigenvalue weighted by molar-refractivity contribution is 5.95. The molecular formula is C12H14N4O2. The number of rotatable bonds is 5. The molecule has 94 valence electrons. The van der Waals surface area contributed by atoms with Gasteiger partial charge in [0, 0.05) is 6.54 Å². The summed E-state index contributed by atoms with van der Waals surface area (Å²) in [5.74, 6) is -0.442. The summed E-state index contributed by atoms with van der Waals surface area (Å²) in [6, 6.07) is 1.64. The van der Waals surface area contributed by atoms with E-state index < -0.39 is 5.97 Å². The van der Waals surface area contributed by atoms with Gasteiger partial charge in [0.05, 0.1) is 18.5 Å². The number of hydrogen-bond donors (Lipinski definition) is 2. The van der Waals surface area contributed by atoms with Gasteiger partial charge in [0.15, 0.2) is 5.69 Å². The number of fused-ring (bicyclic) bond motifs is 1. The molecule has 0 bridgehead atoms. The number of carbonyl (C=O) groups is 1. The predicted octanol–water partition coefficient (Wildman–Crippen LogP) is 1.73. The fraction of sp³-hybridized carbons (Fsp3) is 0.250. The third-order valence-electron chi connectivity index (χ3n) is 2.33. The van der Waals surface area contributed by atoms with E-state index in [0.29, 0.717) is 18.7 Å². The van der Waals surface area contributed by atoms with Crippen LogP contribution in [0.4, 0.5) is 5.69 Å². The van der Waals surface area contributed by atoms with E-state index in [1.165, 1.54) is 0 Å². The number of anilines is 1. The molecule has 0 saturated heterocycles. The molecule has 0 aliphatic carbocycles.